The van der Waals surface area contributed by atoms with Crippen LogP contribution >= 0.6 is 0 Å². The van der Waals surface area contributed by atoms with Gasteiger partial charge in [0.15, 0.2) is 0 Å². The molecule has 0 unspecified atom stereocenters. The van der Waals surface area contributed by atoms with Crippen LogP contribution in [0.5, 0.6) is 0 Å². The van der Waals surface area contributed by atoms with Gasteiger partial charge in [0.05, 0.1) is 12.2 Å². The molecule has 0 aliphatic heterocycles. The number of aromatic nitrogens is 2. The van der Waals surface area contributed by atoms with Gasteiger partial charge in [0.1, 0.15) is 5.82 Å². The average Bonchev–Trinajstić information content (AvgIpc) is 2.44. The van der Waals surface area contributed by atoms with E-state index in [0.29, 0.717) is 23.5 Å². The zero-order valence-corrected chi connectivity index (χ0v) is 15.5. The molecule has 0 spiro atoms. The summed E-state index contributed by atoms with van der Waals surface area (Å²) in [5.41, 5.74) is 1.06. The molecule has 6 heteroatoms. The molecule has 1 saturated carbocycles. The summed E-state index contributed by atoms with van der Waals surface area (Å²) in [4.78, 5) is 31.2. The van der Waals surface area contributed by atoms with Crippen LogP contribution in [0.4, 0.5) is 0 Å². The number of carbonyl (C=O) groups excluding carboxylic acids is 1. The van der Waals surface area contributed by atoms with E-state index < -0.39 is 0 Å². The first kappa shape index (κ1) is 18.6. The highest BCUT2D eigenvalue weighted by Gasteiger charge is 2.49. The van der Waals surface area contributed by atoms with Crippen molar-refractivity contribution >= 4 is 5.91 Å². The van der Waals surface area contributed by atoms with Crippen LogP contribution in [-0.4, -0.2) is 34.1 Å². The first-order valence-electron chi connectivity index (χ1n) is 8.62. The van der Waals surface area contributed by atoms with Gasteiger partial charge in [0, 0.05) is 29.1 Å². The minimum atomic E-state index is -0.151. The minimum absolute atomic E-state index is 0.0320. The summed E-state index contributed by atoms with van der Waals surface area (Å²) >= 11 is 0. The quantitative estimate of drug-likeness (QED) is 0.833. The smallest absolute Gasteiger partial charge is 0.254 e. The Morgan fingerprint density at radius 3 is 2.62 bits per heavy atom. The molecule has 134 valence electrons. The first-order chi connectivity index (χ1) is 11.1. The zero-order valence-electron chi connectivity index (χ0n) is 15.5. The molecule has 1 aromatic rings. The lowest BCUT2D eigenvalue weighted by Gasteiger charge is -2.52. The molecule has 1 aliphatic rings. The van der Waals surface area contributed by atoms with E-state index in [1.54, 1.807) is 13.8 Å². The van der Waals surface area contributed by atoms with E-state index in [0.717, 1.165) is 6.42 Å². The maximum atomic E-state index is 12.2. The predicted octanol–water partition coefficient (Wildman–Crippen LogP) is 2.03. The third kappa shape index (κ3) is 4.04. The average molecular weight is 335 g/mol. The number of hydrogen-bond acceptors (Lipinski definition) is 4. The molecule has 24 heavy (non-hydrogen) atoms. The van der Waals surface area contributed by atoms with Gasteiger partial charge in [0.25, 0.3) is 5.56 Å². The van der Waals surface area contributed by atoms with Crippen LogP contribution in [0.3, 0.4) is 0 Å². The van der Waals surface area contributed by atoms with Crippen LogP contribution in [0.15, 0.2) is 4.79 Å². The molecule has 6 nitrogen and oxygen atoms in total. The SMILES string of the molecule is Cc1nc(C)c(CCC(=O)N[C@H]2C[C@H](OC(C)C)C2(C)C)c(=O)[nH]1. The second kappa shape index (κ2) is 7.05. The Morgan fingerprint density at radius 1 is 1.42 bits per heavy atom. The van der Waals surface area contributed by atoms with Crippen molar-refractivity contribution < 1.29 is 9.53 Å². The Morgan fingerprint density at radius 2 is 2.08 bits per heavy atom. The standard InChI is InChI=1S/C18H29N3O3/c1-10(2)24-15-9-14(18(15,5)6)21-16(22)8-7-13-11(3)19-12(4)20-17(13)23/h10,14-15H,7-9H2,1-6H3,(H,21,22)(H,19,20,23)/t14-,15-/m0/s1. The third-order valence-electron chi connectivity index (χ3n) is 4.89. The Hall–Kier alpha value is -1.69. The third-order valence-corrected chi connectivity index (χ3v) is 4.89. The maximum Gasteiger partial charge on any atom is 0.254 e. The van der Waals surface area contributed by atoms with E-state index in [-0.39, 0.29) is 41.6 Å². The molecular weight excluding hydrogens is 306 g/mol. The molecule has 0 radical (unpaired) electrons. The van der Waals surface area contributed by atoms with Gasteiger partial charge in [-0.3, -0.25) is 9.59 Å². The van der Waals surface area contributed by atoms with Gasteiger partial charge in [-0.05, 0) is 40.5 Å². The van der Waals surface area contributed by atoms with Crippen molar-refractivity contribution in [3.8, 4) is 0 Å². The second-order valence-corrected chi connectivity index (χ2v) is 7.57. The van der Waals surface area contributed by atoms with Gasteiger partial charge in [-0.15, -0.1) is 0 Å². The highest BCUT2D eigenvalue weighted by Crippen LogP contribution is 2.43. The van der Waals surface area contributed by atoms with Crippen molar-refractivity contribution in [2.24, 2.45) is 5.41 Å². The number of H-pyrrole nitrogens is 1. The lowest BCUT2D eigenvalue weighted by atomic mass is 9.64. The van der Waals surface area contributed by atoms with Crippen LogP contribution in [0, 0.1) is 19.3 Å². The van der Waals surface area contributed by atoms with Crippen molar-refractivity contribution in [3.05, 3.63) is 27.4 Å². The molecule has 2 atom stereocenters. The molecule has 1 fully saturated rings. The lowest BCUT2D eigenvalue weighted by molar-refractivity contribution is -0.148. The van der Waals surface area contributed by atoms with Gasteiger partial charge in [0.2, 0.25) is 5.91 Å². The van der Waals surface area contributed by atoms with Crippen molar-refractivity contribution in [2.45, 2.75) is 79.1 Å². The van der Waals surface area contributed by atoms with Gasteiger partial charge in [-0.25, -0.2) is 4.98 Å². The predicted molar refractivity (Wildman–Crippen MR) is 93.0 cm³/mol. The largest absolute Gasteiger partial charge is 0.375 e. The van der Waals surface area contributed by atoms with E-state index in [4.69, 9.17) is 4.74 Å². The number of aromatic amines is 1. The van der Waals surface area contributed by atoms with E-state index in [9.17, 15) is 9.59 Å². The zero-order chi connectivity index (χ0) is 18.1. The van der Waals surface area contributed by atoms with E-state index in [2.05, 4.69) is 29.1 Å². The molecular formula is C18H29N3O3. The van der Waals surface area contributed by atoms with Gasteiger partial charge in [-0.2, -0.15) is 0 Å². The molecule has 0 saturated heterocycles. The summed E-state index contributed by atoms with van der Waals surface area (Å²) in [6.07, 6.45) is 1.89. The Bertz CT molecular complexity index is 664. The number of hydrogen-bond donors (Lipinski definition) is 2. The van der Waals surface area contributed by atoms with Crippen LogP contribution in [0.2, 0.25) is 0 Å². The van der Waals surface area contributed by atoms with Crippen LogP contribution in [-0.2, 0) is 16.0 Å². The van der Waals surface area contributed by atoms with Crippen molar-refractivity contribution in [2.75, 3.05) is 0 Å². The van der Waals surface area contributed by atoms with Crippen LogP contribution in [0.1, 0.15) is 57.6 Å². The lowest BCUT2D eigenvalue weighted by Crippen LogP contribution is -2.62. The topological polar surface area (TPSA) is 84.1 Å². The van der Waals surface area contributed by atoms with Gasteiger partial charge < -0.3 is 15.0 Å². The fraction of sp³-hybridized carbons (Fsp3) is 0.722. The normalized spacial score (nSPS) is 22.3. The number of amides is 1. The van der Waals surface area contributed by atoms with E-state index in [1.165, 1.54) is 0 Å². The summed E-state index contributed by atoms with van der Waals surface area (Å²) in [7, 11) is 0. The number of nitrogens with zero attached hydrogens (tertiary/aromatic N) is 1. The van der Waals surface area contributed by atoms with E-state index >= 15 is 0 Å². The maximum absolute atomic E-state index is 12.2. The van der Waals surface area contributed by atoms with Crippen molar-refractivity contribution in [1.29, 1.82) is 0 Å². The van der Waals surface area contributed by atoms with Crippen molar-refractivity contribution in [1.82, 2.24) is 15.3 Å². The molecule has 0 bridgehead atoms. The highest BCUT2D eigenvalue weighted by atomic mass is 16.5. The monoisotopic (exact) mass is 335 g/mol. The molecule has 1 amide bonds. The first-order valence-corrected chi connectivity index (χ1v) is 8.62. The van der Waals surface area contributed by atoms with Crippen molar-refractivity contribution in [3.63, 3.8) is 0 Å². The molecule has 0 aromatic carbocycles. The summed E-state index contributed by atoms with van der Waals surface area (Å²) in [5.74, 6) is 0.563. The second-order valence-electron chi connectivity index (χ2n) is 7.57. The van der Waals surface area contributed by atoms with Crippen LogP contribution < -0.4 is 10.9 Å². The summed E-state index contributed by atoms with van der Waals surface area (Å²) < 4.78 is 5.88. The van der Waals surface area contributed by atoms with Crippen LogP contribution in [0.25, 0.3) is 0 Å². The number of carbonyl (C=O) groups is 1. The molecule has 1 aromatic heterocycles. The Balaban J connectivity index is 1.88. The van der Waals surface area contributed by atoms with E-state index in [1.807, 2.05) is 13.8 Å². The summed E-state index contributed by atoms with van der Waals surface area (Å²) in [6.45, 7) is 11.8. The number of aryl methyl sites for hydroxylation is 2. The Labute approximate surface area is 143 Å². The summed E-state index contributed by atoms with van der Waals surface area (Å²) in [6, 6.07) is 0.115. The fourth-order valence-corrected chi connectivity index (χ4v) is 3.24. The summed E-state index contributed by atoms with van der Waals surface area (Å²) in [5, 5.41) is 3.08. The van der Waals surface area contributed by atoms with Gasteiger partial charge >= 0.3 is 0 Å². The number of nitrogens with one attached hydrogen (secondary N) is 2. The number of rotatable bonds is 6. The molecule has 2 rings (SSSR count). The fourth-order valence-electron chi connectivity index (χ4n) is 3.24. The minimum Gasteiger partial charge on any atom is -0.375 e. The number of ether oxygens (including phenoxy) is 1. The highest BCUT2D eigenvalue weighted by molar-refractivity contribution is 5.76. The Kier molecular flexibility index (Phi) is 5.48. The molecule has 2 N–H and O–H groups in total. The van der Waals surface area contributed by atoms with Gasteiger partial charge in [-0.1, -0.05) is 13.8 Å². The molecule has 1 heterocycles. The molecule has 1 aliphatic carbocycles.